The molecule has 1 unspecified atom stereocenters. The predicted octanol–water partition coefficient (Wildman–Crippen LogP) is 1.52. The van der Waals surface area contributed by atoms with Crippen molar-refractivity contribution in [1.82, 2.24) is 14.5 Å². The summed E-state index contributed by atoms with van der Waals surface area (Å²) in [6.07, 6.45) is 0. The van der Waals surface area contributed by atoms with E-state index < -0.39 is 27.9 Å². The monoisotopic (exact) mass is 600 g/mol. The van der Waals surface area contributed by atoms with Gasteiger partial charge in [-0.05, 0) is 64.6 Å². The van der Waals surface area contributed by atoms with E-state index in [9.17, 15) is 18.0 Å². The van der Waals surface area contributed by atoms with Crippen LogP contribution < -0.4 is 10.2 Å². The van der Waals surface area contributed by atoms with E-state index in [0.717, 1.165) is 14.8 Å². The number of benzene rings is 2. The van der Waals surface area contributed by atoms with Crippen molar-refractivity contribution in [2.24, 2.45) is 0 Å². The molecule has 1 aliphatic heterocycles. The van der Waals surface area contributed by atoms with E-state index >= 15 is 0 Å². The highest BCUT2D eigenvalue weighted by Gasteiger charge is 2.40. The molecule has 3 rings (SSSR count). The first-order valence-electron chi connectivity index (χ1n) is 10.7. The lowest BCUT2D eigenvalue weighted by atomic mass is 10.1. The number of amides is 1. The number of hydrogen-bond donors (Lipinski definition) is 1. The molecule has 2 aromatic carbocycles. The summed E-state index contributed by atoms with van der Waals surface area (Å²) in [5.41, 5.74) is 1.93. The van der Waals surface area contributed by atoms with Gasteiger partial charge in [0, 0.05) is 49.5 Å². The van der Waals surface area contributed by atoms with Crippen LogP contribution in [0.1, 0.15) is 5.56 Å². The summed E-state index contributed by atoms with van der Waals surface area (Å²) in [7, 11) is 1.28. The molecule has 1 heterocycles. The third-order valence-corrected chi connectivity index (χ3v) is 8.28. The molecule has 1 aliphatic rings. The zero-order chi connectivity index (χ0) is 24.9. The minimum Gasteiger partial charge on any atom is -0.468 e. The number of methoxy groups -OCH3 is 1. The number of anilines is 1. The third-order valence-electron chi connectivity index (χ3n) is 5.64. The lowest BCUT2D eigenvalue weighted by Crippen LogP contribution is -2.60. The van der Waals surface area contributed by atoms with Crippen molar-refractivity contribution in [3.05, 3.63) is 57.7 Å². The van der Waals surface area contributed by atoms with Crippen LogP contribution in [0.2, 0.25) is 0 Å². The first kappa shape index (κ1) is 26.4. The standard InChI is InChI=1S/C23H29IN4O5S/c1-26(2)19-8-4-17(5-9-19)14-25-23(30)21-15-27(16-22(29)33-3)12-13-28(21)34(31,32)20-10-6-18(24)7-11-20/h4-11,21H,12-16H2,1-3H3,(H,25,30). The topological polar surface area (TPSA) is 99.3 Å². The van der Waals surface area contributed by atoms with Gasteiger partial charge in [-0.15, -0.1) is 0 Å². The molecule has 0 aliphatic carbocycles. The van der Waals surface area contributed by atoms with Crippen LogP contribution in [-0.2, 0) is 30.9 Å². The number of ether oxygens (including phenoxy) is 1. The largest absolute Gasteiger partial charge is 0.468 e. The van der Waals surface area contributed by atoms with Crippen molar-refractivity contribution in [3.63, 3.8) is 0 Å². The molecule has 1 N–H and O–H groups in total. The van der Waals surface area contributed by atoms with E-state index in [1.807, 2.05) is 43.3 Å². The van der Waals surface area contributed by atoms with Gasteiger partial charge in [0.05, 0.1) is 18.6 Å². The molecule has 0 bridgehead atoms. The highest BCUT2D eigenvalue weighted by Crippen LogP contribution is 2.23. The quantitative estimate of drug-likeness (QED) is 0.363. The number of nitrogens with one attached hydrogen (secondary N) is 1. The van der Waals surface area contributed by atoms with Crippen LogP contribution in [0.3, 0.4) is 0 Å². The second-order valence-electron chi connectivity index (χ2n) is 8.18. The number of sulfonamides is 1. The van der Waals surface area contributed by atoms with Crippen molar-refractivity contribution in [2.45, 2.75) is 17.5 Å². The van der Waals surface area contributed by atoms with Crippen molar-refractivity contribution >= 4 is 50.2 Å². The molecule has 34 heavy (non-hydrogen) atoms. The lowest BCUT2D eigenvalue weighted by molar-refractivity contribution is -0.143. The van der Waals surface area contributed by atoms with Crippen LogP contribution in [0.5, 0.6) is 0 Å². The first-order chi connectivity index (χ1) is 16.1. The summed E-state index contributed by atoms with van der Waals surface area (Å²) < 4.78 is 33.7. The predicted molar refractivity (Wildman–Crippen MR) is 138 cm³/mol. The summed E-state index contributed by atoms with van der Waals surface area (Å²) in [6.45, 7) is 0.737. The van der Waals surface area contributed by atoms with Crippen molar-refractivity contribution in [1.29, 1.82) is 0 Å². The van der Waals surface area contributed by atoms with Gasteiger partial charge in [0.2, 0.25) is 15.9 Å². The van der Waals surface area contributed by atoms with Crippen LogP contribution in [0.4, 0.5) is 5.69 Å². The Kier molecular flexibility index (Phi) is 8.90. The molecule has 1 atom stereocenters. The van der Waals surface area contributed by atoms with Gasteiger partial charge in [0.25, 0.3) is 0 Å². The Bertz CT molecular complexity index is 1110. The number of hydrogen-bond acceptors (Lipinski definition) is 7. The number of esters is 1. The Morgan fingerprint density at radius 3 is 2.32 bits per heavy atom. The summed E-state index contributed by atoms with van der Waals surface area (Å²) in [6, 6.07) is 13.3. The van der Waals surface area contributed by atoms with Crippen LogP contribution in [0.25, 0.3) is 0 Å². The molecule has 0 radical (unpaired) electrons. The highest BCUT2D eigenvalue weighted by molar-refractivity contribution is 14.1. The maximum atomic E-state index is 13.4. The van der Waals surface area contributed by atoms with E-state index in [1.165, 1.54) is 11.4 Å². The average molecular weight is 600 g/mol. The van der Waals surface area contributed by atoms with Gasteiger partial charge in [0.1, 0.15) is 6.04 Å². The van der Waals surface area contributed by atoms with Gasteiger partial charge in [-0.1, -0.05) is 12.1 Å². The fourth-order valence-corrected chi connectivity index (χ4v) is 5.61. The van der Waals surface area contributed by atoms with Gasteiger partial charge in [-0.3, -0.25) is 14.5 Å². The zero-order valence-electron chi connectivity index (χ0n) is 19.4. The van der Waals surface area contributed by atoms with Crippen molar-refractivity contribution < 1.29 is 22.7 Å². The van der Waals surface area contributed by atoms with Crippen LogP contribution >= 0.6 is 22.6 Å². The van der Waals surface area contributed by atoms with Gasteiger partial charge in [0.15, 0.2) is 0 Å². The second kappa shape index (κ2) is 11.5. The molecular weight excluding hydrogens is 571 g/mol. The zero-order valence-corrected chi connectivity index (χ0v) is 22.4. The first-order valence-corrected chi connectivity index (χ1v) is 13.2. The molecule has 1 fully saturated rings. The van der Waals surface area contributed by atoms with Gasteiger partial charge < -0.3 is 15.0 Å². The summed E-state index contributed by atoms with van der Waals surface area (Å²) in [5.74, 6) is -0.852. The number of rotatable bonds is 8. The van der Waals surface area contributed by atoms with Gasteiger partial charge in [-0.2, -0.15) is 4.31 Å². The SMILES string of the molecule is COC(=O)CN1CCN(S(=O)(=O)c2ccc(I)cc2)C(C(=O)NCc2ccc(N(C)C)cc2)C1. The van der Waals surface area contributed by atoms with Crippen LogP contribution in [0.15, 0.2) is 53.4 Å². The Balaban J connectivity index is 1.79. The summed E-state index contributed by atoms with van der Waals surface area (Å²) >= 11 is 2.11. The molecule has 0 aromatic heterocycles. The molecule has 0 spiro atoms. The summed E-state index contributed by atoms with van der Waals surface area (Å²) in [5, 5.41) is 2.87. The molecule has 184 valence electrons. The third kappa shape index (κ3) is 6.46. The molecule has 1 saturated heterocycles. The fraction of sp³-hybridized carbons (Fsp3) is 0.391. The number of carbonyl (C=O) groups excluding carboxylic acids is 2. The number of piperazine rings is 1. The van der Waals surface area contributed by atoms with E-state index in [0.29, 0.717) is 6.54 Å². The Hall–Kier alpha value is -2.22. The maximum absolute atomic E-state index is 13.4. The molecule has 9 nitrogen and oxygen atoms in total. The lowest BCUT2D eigenvalue weighted by Gasteiger charge is -2.39. The average Bonchev–Trinajstić information content (AvgIpc) is 2.82. The van der Waals surface area contributed by atoms with E-state index in [4.69, 9.17) is 4.74 Å². The van der Waals surface area contributed by atoms with Gasteiger partial charge in [-0.25, -0.2) is 8.42 Å². The Labute approximate surface area is 214 Å². The molecule has 11 heteroatoms. The van der Waals surface area contributed by atoms with Crippen LogP contribution in [-0.4, -0.2) is 82.9 Å². The van der Waals surface area contributed by atoms with E-state index in [2.05, 4.69) is 27.9 Å². The fourth-order valence-electron chi connectivity index (χ4n) is 3.68. The van der Waals surface area contributed by atoms with Crippen molar-refractivity contribution in [2.75, 3.05) is 52.3 Å². The molecule has 2 aromatic rings. The normalized spacial score (nSPS) is 17.2. The number of carbonyl (C=O) groups is 2. The highest BCUT2D eigenvalue weighted by atomic mass is 127. The molecular formula is C23H29IN4O5S. The summed E-state index contributed by atoms with van der Waals surface area (Å²) in [4.78, 5) is 28.8. The maximum Gasteiger partial charge on any atom is 0.319 e. The Morgan fingerprint density at radius 1 is 1.09 bits per heavy atom. The van der Waals surface area contributed by atoms with E-state index in [1.54, 1.807) is 29.2 Å². The van der Waals surface area contributed by atoms with E-state index in [-0.39, 0.29) is 31.1 Å². The number of nitrogens with zero attached hydrogens (tertiary/aromatic N) is 3. The number of halogens is 1. The minimum atomic E-state index is -3.91. The molecule has 1 amide bonds. The van der Waals surface area contributed by atoms with Crippen molar-refractivity contribution in [3.8, 4) is 0 Å². The van der Waals surface area contributed by atoms with Gasteiger partial charge >= 0.3 is 5.97 Å². The molecule has 0 saturated carbocycles. The Morgan fingerprint density at radius 2 is 1.74 bits per heavy atom. The smallest absolute Gasteiger partial charge is 0.319 e. The second-order valence-corrected chi connectivity index (χ2v) is 11.3. The minimum absolute atomic E-state index is 0.0102. The van der Waals surface area contributed by atoms with Crippen LogP contribution in [0, 0.1) is 3.57 Å².